The molecule has 3 aromatic carbocycles. The molecule has 1 N–H and O–H groups in total. The molecule has 0 aliphatic carbocycles. The number of para-hydroxylation sites is 1. The van der Waals surface area contributed by atoms with Gasteiger partial charge in [0, 0.05) is 11.1 Å². The van der Waals surface area contributed by atoms with Crippen LogP contribution in [-0.4, -0.2) is 41.5 Å². The number of methoxy groups -OCH3 is 1. The van der Waals surface area contributed by atoms with Crippen molar-refractivity contribution in [3.63, 3.8) is 0 Å². The smallest absolute Gasteiger partial charge is 0.295 e. The van der Waals surface area contributed by atoms with E-state index in [1.165, 1.54) is 4.90 Å². The molecule has 0 aromatic heterocycles. The van der Waals surface area contributed by atoms with Crippen LogP contribution in [0.5, 0.6) is 17.2 Å². The van der Waals surface area contributed by atoms with E-state index in [2.05, 4.69) is 0 Å². The third-order valence-corrected chi connectivity index (χ3v) is 6.06. The molecule has 1 amide bonds. The maximum Gasteiger partial charge on any atom is 0.295 e. The summed E-state index contributed by atoms with van der Waals surface area (Å²) in [4.78, 5) is 28.2. The van der Waals surface area contributed by atoms with Crippen molar-refractivity contribution in [2.75, 3.05) is 13.7 Å². The van der Waals surface area contributed by atoms with Crippen molar-refractivity contribution in [3.8, 4) is 17.2 Å². The summed E-state index contributed by atoms with van der Waals surface area (Å²) in [5.74, 6) is 0.136. The minimum Gasteiger partial charge on any atom is -0.507 e. The number of ketones is 1. The fourth-order valence-corrected chi connectivity index (χ4v) is 4.46. The van der Waals surface area contributed by atoms with Gasteiger partial charge in [0.05, 0.1) is 38.0 Å². The number of Topliss-reactive ketones (excluding diaryl/α,β-unsaturated/α-hetero) is 1. The predicted octanol–water partition coefficient (Wildman–Crippen LogP) is 5.50. The normalized spacial score (nSPS) is 16.8. The van der Waals surface area contributed by atoms with Gasteiger partial charge < -0.3 is 24.2 Å². The van der Waals surface area contributed by atoms with E-state index in [4.69, 9.17) is 14.2 Å². The molecule has 1 aliphatic rings. The number of hydrogen-bond donors (Lipinski definition) is 1. The Balaban J connectivity index is 1.83. The Morgan fingerprint density at radius 2 is 1.70 bits per heavy atom. The number of nitrogens with zero attached hydrogens (tertiary/aromatic N) is 1. The fourth-order valence-electron chi connectivity index (χ4n) is 4.46. The molecule has 7 heteroatoms. The molecule has 1 fully saturated rings. The van der Waals surface area contributed by atoms with Crippen LogP contribution in [0.4, 0.5) is 0 Å². The third-order valence-electron chi connectivity index (χ3n) is 6.06. The first-order valence-electron chi connectivity index (χ1n) is 12.2. The van der Waals surface area contributed by atoms with Crippen molar-refractivity contribution in [1.29, 1.82) is 0 Å². The van der Waals surface area contributed by atoms with E-state index >= 15 is 0 Å². The van der Waals surface area contributed by atoms with Crippen LogP contribution in [0.15, 0.2) is 78.4 Å². The van der Waals surface area contributed by atoms with Crippen molar-refractivity contribution in [1.82, 2.24) is 4.90 Å². The molecule has 192 valence electrons. The lowest BCUT2D eigenvalue weighted by Crippen LogP contribution is -2.29. The molecule has 37 heavy (non-hydrogen) atoms. The monoisotopic (exact) mass is 501 g/mol. The fraction of sp³-hybridized carbons (Fsp3) is 0.267. The number of rotatable bonds is 9. The van der Waals surface area contributed by atoms with Crippen LogP contribution >= 0.6 is 0 Å². The average molecular weight is 502 g/mol. The van der Waals surface area contributed by atoms with Gasteiger partial charge in [-0.3, -0.25) is 9.59 Å². The first-order chi connectivity index (χ1) is 17.8. The molecule has 1 aliphatic heterocycles. The van der Waals surface area contributed by atoms with Gasteiger partial charge >= 0.3 is 0 Å². The number of benzene rings is 3. The highest BCUT2D eigenvalue weighted by Gasteiger charge is 2.46. The predicted molar refractivity (Wildman–Crippen MR) is 141 cm³/mol. The van der Waals surface area contributed by atoms with Gasteiger partial charge in [-0.2, -0.15) is 0 Å². The zero-order valence-electron chi connectivity index (χ0n) is 21.4. The SMILES string of the molecule is CCOc1cccc(/C(O)=C2/C(=O)C(=O)N(Cc3ccccc3OC)C2c2ccc(OC(C)C)cc2)c1. The summed E-state index contributed by atoms with van der Waals surface area (Å²) in [5, 5.41) is 11.4. The Bertz CT molecular complexity index is 1310. The molecule has 0 bridgehead atoms. The van der Waals surface area contributed by atoms with E-state index in [9.17, 15) is 14.7 Å². The second-order valence-electron chi connectivity index (χ2n) is 8.94. The number of ether oxygens (including phenoxy) is 3. The van der Waals surface area contributed by atoms with Crippen LogP contribution in [0, 0.1) is 0 Å². The van der Waals surface area contributed by atoms with Crippen LogP contribution in [0.2, 0.25) is 0 Å². The Kier molecular flexibility index (Phi) is 7.82. The molecule has 0 saturated carbocycles. The van der Waals surface area contributed by atoms with Crippen LogP contribution in [-0.2, 0) is 16.1 Å². The van der Waals surface area contributed by atoms with Gasteiger partial charge in [-0.15, -0.1) is 0 Å². The zero-order valence-corrected chi connectivity index (χ0v) is 21.4. The van der Waals surface area contributed by atoms with E-state index in [1.807, 2.05) is 51.1 Å². The molecule has 3 aromatic rings. The summed E-state index contributed by atoms with van der Waals surface area (Å²) >= 11 is 0. The van der Waals surface area contributed by atoms with E-state index in [-0.39, 0.29) is 24.0 Å². The Morgan fingerprint density at radius 3 is 2.38 bits per heavy atom. The highest BCUT2D eigenvalue weighted by Crippen LogP contribution is 2.41. The number of amides is 1. The summed E-state index contributed by atoms with van der Waals surface area (Å²) in [6, 6.07) is 20.6. The van der Waals surface area contributed by atoms with E-state index < -0.39 is 17.7 Å². The highest BCUT2D eigenvalue weighted by molar-refractivity contribution is 6.46. The van der Waals surface area contributed by atoms with Crippen molar-refractivity contribution >= 4 is 17.4 Å². The van der Waals surface area contributed by atoms with Gasteiger partial charge in [-0.1, -0.05) is 42.5 Å². The molecule has 1 heterocycles. The lowest BCUT2D eigenvalue weighted by molar-refractivity contribution is -0.140. The van der Waals surface area contributed by atoms with Crippen LogP contribution in [0.1, 0.15) is 43.5 Å². The summed E-state index contributed by atoms with van der Waals surface area (Å²) in [7, 11) is 1.56. The number of aliphatic hydroxyl groups excluding tert-OH is 1. The van der Waals surface area contributed by atoms with Crippen LogP contribution in [0.25, 0.3) is 5.76 Å². The minimum atomic E-state index is -0.811. The Hall–Kier alpha value is -4.26. The molecule has 0 spiro atoms. The average Bonchev–Trinajstić information content (AvgIpc) is 3.14. The Morgan fingerprint density at radius 1 is 0.973 bits per heavy atom. The molecule has 4 rings (SSSR count). The maximum atomic E-state index is 13.4. The van der Waals surface area contributed by atoms with Gasteiger partial charge in [0.25, 0.3) is 11.7 Å². The van der Waals surface area contributed by atoms with Gasteiger partial charge in [-0.05, 0) is 56.7 Å². The number of likely N-dealkylation sites (tertiary alicyclic amines) is 1. The van der Waals surface area contributed by atoms with Crippen molar-refractivity contribution in [2.24, 2.45) is 0 Å². The summed E-state index contributed by atoms with van der Waals surface area (Å²) < 4.78 is 16.8. The van der Waals surface area contributed by atoms with E-state index in [0.29, 0.717) is 35.0 Å². The zero-order chi connectivity index (χ0) is 26.5. The molecule has 7 nitrogen and oxygen atoms in total. The van der Waals surface area contributed by atoms with Crippen molar-refractivity contribution in [3.05, 3.63) is 95.1 Å². The van der Waals surface area contributed by atoms with E-state index in [1.54, 1.807) is 49.6 Å². The number of aliphatic hydroxyl groups is 1. The van der Waals surface area contributed by atoms with Crippen molar-refractivity contribution in [2.45, 2.75) is 39.5 Å². The Labute approximate surface area is 216 Å². The second-order valence-corrected chi connectivity index (χ2v) is 8.94. The summed E-state index contributed by atoms with van der Waals surface area (Å²) in [6.07, 6.45) is -0.000326. The lowest BCUT2D eigenvalue weighted by atomic mass is 9.95. The molecular formula is C30H31NO6. The third kappa shape index (κ3) is 5.45. The quantitative estimate of drug-likeness (QED) is 0.237. The largest absolute Gasteiger partial charge is 0.507 e. The number of carbonyl (C=O) groups excluding carboxylic acids is 2. The van der Waals surface area contributed by atoms with Crippen LogP contribution < -0.4 is 14.2 Å². The summed E-state index contributed by atoms with van der Waals surface area (Å²) in [6.45, 7) is 6.32. The van der Waals surface area contributed by atoms with Crippen LogP contribution in [0.3, 0.4) is 0 Å². The molecular weight excluding hydrogens is 470 g/mol. The summed E-state index contributed by atoms with van der Waals surface area (Å²) in [5.41, 5.74) is 1.83. The topological polar surface area (TPSA) is 85.3 Å². The van der Waals surface area contributed by atoms with Gasteiger partial charge in [-0.25, -0.2) is 0 Å². The maximum absolute atomic E-state index is 13.4. The molecule has 0 radical (unpaired) electrons. The first-order valence-corrected chi connectivity index (χ1v) is 12.2. The first kappa shape index (κ1) is 25.8. The molecule has 1 saturated heterocycles. The van der Waals surface area contributed by atoms with E-state index in [0.717, 1.165) is 5.56 Å². The van der Waals surface area contributed by atoms with Gasteiger partial charge in [0.2, 0.25) is 0 Å². The number of hydrogen-bond acceptors (Lipinski definition) is 6. The standard InChI is InChI=1S/C30H31NO6/c1-5-36-24-11-8-10-21(17-24)28(32)26-27(20-13-15-23(16-14-20)37-19(2)3)31(30(34)29(26)33)18-22-9-6-7-12-25(22)35-4/h6-17,19,27,32H,5,18H2,1-4H3/b28-26-. The molecule has 1 atom stereocenters. The highest BCUT2D eigenvalue weighted by atomic mass is 16.5. The lowest BCUT2D eigenvalue weighted by Gasteiger charge is -2.26. The second kappa shape index (κ2) is 11.2. The van der Waals surface area contributed by atoms with Crippen molar-refractivity contribution < 1.29 is 28.9 Å². The minimum absolute atomic E-state index is 0.000326. The van der Waals surface area contributed by atoms with Gasteiger partial charge in [0.15, 0.2) is 0 Å². The van der Waals surface area contributed by atoms with Gasteiger partial charge in [0.1, 0.15) is 23.0 Å². The molecule has 1 unspecified atom stereocenters. The number of carbonyl (C=O) groups is 2.